The zero-order valence-electron chi connectivity index (χ0n) is 21.1. The van der Waals surface area contributed by atoms with Crippen LogP contribution >= 0.6 is 0 Å². The topological polar surface area (TPSA) is 74.2 Å². The van der Waals surface area contributed by atoms with E-state index in [0.717, 1.165) is 5.56 Å². The summed E-state index contributed by atoms with van der Waals surface area (Å²) in [6.07, 6.45) is 3.82. The summed E-state index contributed by atoms with van der Waals surface area (Å²) < 4.78 is 23.9. The summed E-state index contributed by atoms with van der Waals surface area (Å²) in [5.74, 6) is 1.87. The quantitative estimate of drug-likeness (QED) is 0.353. The fraction of sp³-hybridized carbons (Fsp3) is 0.300. The van der Waals surface area contributed by atoms with Crippen LogP contribution in [0.25, 0.3) is 6.08 Å². The van der Waals surface area contributed by atoms with Gasteiger partial charge in [0.1, 0.15) is 35.2 Å². The highest BCUT2D eigenvalue weighted by atomic mass is 16.5. The lowest BCUT2D eigenvalue weighted by atomic mass is 9.99. The van der Waals surface area contributed by atoms with Gasteiger partial charge in [-0.3, -0.25) is 4.79 Å². The van der Waals surface area contributed by atoms with Crippen molar-refractivity contribution in [1.82, 2.24) is 0 Å². The number of aliphatic hydroxyl groups is 1. The molecule has 0 bridgehead atoms. The summed E-state index contributed by atoms with van der Waals surface area (Å²) in [6.45, 7) is 7.66. The summed E-state index contributed by atoms with van der Waals surface area (Å²) in [4.78, 5) is 13.3. The summed E-state index contributed by atoms with van der Waals surface area (Å²) >= 11 is 0. The van der Waals surface area contributed by atoms with Crippen molar-refractivity contribution in [3.8, 4) is 23.0 Å². The second kappa shape index (κ2) is 10.9. The first-order valence-corrected chi connectivity index (χ1v) is 12.0. The summed E-state index contributed by atoms with van der Waals surface area (Å²) in [7, 11) is 0. The van der Waals surface area contributed by atoms with Crippen molar-refractivity contribution in [1.29, 1.82) is 0 Å². The Morgan fingerprint density at radius 2 is 1.81 bits per heavy atom. The molecule has 6 nitrogen and oxygen atoms in total. The molecule has 0 aromatic heterocycles. The van der Waals surface area contributed by atoms with Gasteiger partial charge in [0.05, 0.1) is 23.8 Å². The van der Waals surface area contributed by atoms with Crippen molar-refractivity contribution < 1.29 is 28.8 Å². The van der Waals surface area contributed by atoms with E-state index < -0.39 is 5.60 Å². The van der Waals surface area contributed by atoms with E-state index in [0.29, 0.717) is 46.3 Å². The maximum absolute atomic E-state index is 13.3. The molecule has 0 saturated carbocycles. The Morgan fingerprint density at radius 1 is 1.03 bits per heavy atom. The fourth-order valence-corrected chi connectivity index (χ4v) is 3.92. The van der Waals surface area contributed by atoms with Crippen molar-refractivity contribution in [3.05, 3.63) is 89.0 Å². The van der Waals surface area contributed by atoms with Crippen molar-refractivity contribution in [3.63, 3.8) is 0 Å². The molecule has 1 aliphatic heterocycles. The molecule has 1 N–H and O–H groups in total. The van der Waals surface area contributed by atoms with Gasteiger partial charge in [0.25, 0.3) is 0 Å². The van der Waals surface area contributed by atoms with Crippen LogP contribution < -0.4 is 18.9 Å². The van der Waals surface area contributed by atoms with Crippen molar-refractivity contribution in [2.24, 2.45) is 0 Å². The maximum Gasteiger partial charge on any atom is 0.203 e. The molecular formula is C30H32O6. The van der Waals surface area contributed by atoms with Crippen LogP contribution in [0.2, 0.25) is 0 Å². The fourth-order valence-electron chi connectivity index (χ4n) is 3.92. The number of carbonyl (C=O) groups excluding carboxylic acids is 1. The average molecular weight is 489 g/mol. The van der Waals surface area contributed by atoms with Crippen LogP contribution in [0.1, 0.15) is 54.7 Å². The van der Waals surface area contributed by atoms with E-state index in [1.807, 2.05) is 76.2 Å². The number of carbonyl (C=O) groups is 1. The smallest absolute Gasteiger partial charge is 0.203 e. The second-order valence-electron chi connectivity index (χ2n) is 9.47. The van der Waals surface area contributed by atoms with Crippen LogP contribution in [0.4, 0.5) is 0 Å². The lowest BCUT2D eigenvalue weighted by Gasteiger charge is -2.29. The predicted molar refractivity (Wildman–Crippen MR) is 139 cm³/mol. The number of ether oxygens (including phenoxy) is 4. The Balaban J connectivity index is 1.57. The van der Waals surface area contributed by atoms with Crippen LogP contribution in [-0.2, 0) is 13.2 Å². The Bertz CT molecular complexity index is 1240. The summed E-state index contributed by atoms with van der Waals surface area (Å²) in [5, 5.41) is 9.87. The number of rotatable bonds is 10. The van der Waals surface area contributed by atoms with Crippen LogP contribution in [0.5, 0.6) is 23.0 Å². The highest BCUT2D eigenvalue weighted by molar-refractivity contribution is 6.00. The zero-order valence-corrected chi connectivity index (χ0v) is 21.1. The third-order valence-corrected chi connectivity index (χ3v) is 5.64. The number of Topliss-reactive ketones (excluding diaryl/α,β-unsaturated/α-hetero) is 1. The Kier molecular flexibility index (Phi) is 7.65. The van der Waals surface area contributed by atoms with Gasteiger partial charge in [-0.2, -0.15) is 0 Å². The molecule has 0 atom stereocenters. The Morgan fingerprint density at radius 3 is 2.53 bits per heavy atom. The van der Waals surface area contributed by atoms with E-state index in [1.165, 1.54) is 0 Å². The van der Waals surface area contributed by atoms with Crippen molar-refractivity contribution in [2.75, 3.05) is 6.61 Å². The monoisotopic (exact) mass is 488 g/mol. The molecule has 3 aromatic rings. The van der Waals surface area contributed by atoms with E-state index in [2.05, 4.69) is 0 Å². The third kappa shape index (κ3) is 6.07. The van der Waals surface area contributed by atoms with Crippen LogP contribution in [-0.4, -0.2) is 29.2 Å². The van der Waals surface area contributed by atoms with Gasteiger partial charge in [0.15, 0.2) is 6.61 Å². The maximum atomic E-state index is 13.3. The van der Waals surface area contributed by atoms with Gasteiger partial charge in [0.2, 0.25) is 5.78 Å². The highest BCUT2D eigenvalue weighted by Crippen LogP contribution is 2.39. The molecule has 0 fully saturated rings. The van der Waals surface area contributed by atoms with Gasteiger partial charge < -0.3 is 24.1 Å². The van der Waals surface area contributed by atoms with Crippen LogP contribution in [0.15, 0.2) is 66.7 Å². The van der Waals surface area contributed by atoms with E-state index in [-0.39, 0.29) is 25.1 Å². The molecule has 0 spiro atoms. The first kappa shape index (κ1) is 25.3. The number of aliphatic hydroxyl groups excluding tert-OH is 1. The van der Waals surface area contributed by atoms with Crippen molar-refractivity contribution >= 4 is 11.9 Å². The second-order valence-corrected chi connectivity index (χ2v) is 9.47. The van der Waals surface area contributed by atoms with Crippen LogP contribution in [0.3, 0.4) is 0 Å². The number of benzene rings is 3. The minimum Gasteiger partial charge on any atom is -0.491 e. The van der Waals surface area contributed by atoms with E-state index >= 15 is 0 Å². The summed E-state index contributed by atoms with van der Waals surface area (Å²) in [5.41, 5.74) is 2.21. The average Bonchev–Trinajstić information content (AvgIpc) is 2.85. The largest absolute Gasteiger partial charge is 0.491 e. The molecule has 3 aromatic carbocycles. The highest BCUT2D eigenvalue weighted by Gasteiger charge is 2.26. The predicted octanol–water partition coefficient (Wildman–Crippen LogP) is 5.99. The van der Waals surface area contributed by atoms with E-state index in [4.69, 9.17) is 18.9 Å². The molecular weight excluding hydrogens is 456 g/mol. The Hall–Kier alpha value is -3.77. The molecule has 1 heterocycles. The molecule has 0 radical (unpaired) electrons. The minimum absolute atomic E-state index is 0.0155. The van der Waals surface area contributed by atoms with Gasteiger partial charge in [-0.15, -0.1) is 0 Å². The zero-order chi connectivity index (χ0) is 25.7. The molecule has 0 saturated heterocycles. The molecule has 0 aliphatic carbocycles. The van der Waals surface area contributed by atoms with Crippen LogP contribution in [0, 0.1) is 0 Å². The number of hydrogen-bond acceptors (Lipinski definition) is 6. The van der Waals surface area contributed by atoms with Gasteiger partial charge in [-0.25, -0.2) is 0 Å². The molecule has 6 heteroatoms. The SMILES string of the molecule is CC(C)Oc1ccc(C(=O)COc2c(CO)ccc3c2C=CC(C)(C)O3)c(OCc2ccccc2)c1. The number of ketones is 1. The van der Waals surface area contributed by atoms with E-state index in [9.17, 15) is 9.90 Å². The standard InChI is InChI=1S/C30H32O6/c1-20(2)35-23-11-12-24(28(16-23)33-18-21-8-6-5-7-9-21)26(32)19-34-29-22(17-31)10-13-27-25(29)14-15-30(3,4)36-27/h5-16,20,31H,17-19H2,1-4H3. The minimum atomic E-state index is -0.453. The molecule has 36 heavy (non-hydrogen) atoms. The Labute approximate surface area is 212 Å². The molecule has 0 unspecified atom stereocenters. The number of hydrogen-bond donors (Lipinski definition) is 1. The van der Waals surface area contributed by atoms with Gasteiger partial charge >= 0.3 is 0 Å². The normalized spacial score (nSPS) is 13.6. The van der Waals surface area contributed by atoms with E-state index in [1.54, 1.807) is 24.3 Å². The molecule has 0 amide bonds. The number of fused-ring (bicyclic) bond motifs is 1. The first-order valence-electron chi connectivity index (χ1n) is 12.0. The van der Waals surface area contributed by atoms with Gasteiger partial charge in [-0.1, -0.05) is 30.3 Å². The lowest BCUT2D eigenvalue weighted by Crippen LogP contribution is -2.27. The van der Waals surface area contributed by atoms with Crippen molar-refractivity contribution in [2.45, 2.75) is 52.6 Å². The first-order chi connectivity index (χ1) is 17.3. The molecule has 188 valence electrons. The molecule has 4 rings (SSSR count). The summed E-state index contributed by atoms with van der Waals surface area (Å²) in [6, 6.07) is 18.5. The molecule has 1 aliphatic rings. The van der Waals surface area contributed by atoms with Gasteiger partial charge in [-0.05, 0) is 69.7 Å². The third-order valence-electron chi connectivity index (χ3n) is 5.64. The lowest BCUT2D eigenvalue weighted by molar-refractivity contribution is 0.0913. The van der Waals surface area contributed by atoms with Gasteiger partial charge in [0, 0.05) is 11.6 Å².